The van der Waals surface area contributed by atoms with E-state index in [1.54, 1.807) is 12.1 Å². The Morgan fingerprint density at radius 2 is 2.00 bits per heavy atom. The minimum atomic E-state index is -0.696. The summed E-state index contributed by atoms with van der Waals surface area (Å²) in [4.78, 5) is 0. The molecule has 0 amide bonds. The summed E-state index contributed by atoms with van der Waals surface area (Å²) >= 11 is 9.14. The summed E-state index contributed by atoms with van der Waals surface area (Å²) < 4.78 is 13.5. The Bertz CT molecular complexity index is 559. The number of aliphatic hydroxyl groups excluding tert-OH is 1. The van der Waals surface area contributed by atoms with E-state index in [0.717, 1.165) is 5.56 Å². The van der Waals surface area contributed by atoms with Crippen molar-refractivity contribution >= 4 is 27.5 Å². The van der Waals surface area contributed by atoms with Crippen molar-refractivity contribution < 1.29 is 9.50 Å². The number of benzene rings is 2. The Kier molecular flexibility index (Phi) is 4.38. The van der Waals surface area contributed by atoms with Crippen molar-refractivity contribution in [3.05, 3.63) is 68.9 Å². The smallest absolute Gasteiger partial charge is 0.124 e. The molecule has 18 heavy (non-hydrogen) atoms. The van der Waals surface area contributed by atoms with Crippen LogP contribution in [0.25, 0.3) is 0 Å². The number of hydrogen-bond acceptors (Lipinski definition) is 1. The molecule has 2 aromatic rings. The molecule has 0 aliphatic rings. The standard InChI is InChI=1S/C14H11BrClFO/c15-13-8-11(17)4-5-12(13)14(18)7-9-2-1-3-10(16)6-9/h1-6,8,14,18H,7H2. The van der Waals surface area contributed by atoms with Crippen LogP contribution in [0.5, 0.6) is 0 Å². The number of halogens is 3. The molecule has 0 fully saturated rings. The molecule has 2 aromatic carbocycles. The first kappa shape index (κ1) is 13.5. The van der Waals surface area contributed by atoms with Crippen molar-refractivity contribution in [1.29, 1.82) is 0 Å². The molecule has 0 bridgehead atoms. The van der Waals surface area contributed by atoms with Crippen LogP contribution in [-0.2, 0) is 6.42 Å². The fraction of sp³-hybridized carbons (Fsp3) is 0.143. The summed E-state index contributed by atoms with van der Waals surface area (Å²) in [6.07, 6.45) is -0.261. The SMILES string of the molecule is OC(Cc1cccc(Cl)c1)c1ccc(F)cc1Br. The lowest BCUT2D eigenvalue weighted by atomic mass is 10.0. The molecule has 0 radical (unpaired) electrons. The molecular formula is C14H11BrClFO. The van der Waals surface area contributed by atoms with Gasteiger partial charge in [-0.3, -0.25) is 0 Å². The topological polar surface area (TPSA) is 20.2 Å². The van der Waals surface area contributed by atoms with Crippen LogP contribution in [0.2, 0.25) is 5.02 Å². The van der Waals surface area contributed by atoms with Crippen LogP contribution in [0.3, 0.4) is 0 Å². The molecule has 2 rings (SSSR count). The van der Waals surface area contributed by atoms with Crippen LogP contribution in [0, 0.1) is 5.82 Å². The monoisotopic (exact) mass is 328 g/mol. The molecule has 0 saturated heterocycles. The summed E-state index contributed by atoms with van der Waals surface area (Å²) in [5.41, 5.74) is 1.60. The second-order valence-corrected chi connectivity index (χ2v) is 5.31. The van der Waals surface area contributed by atoms with Gasteiger partial charge < -0.3 is 5.11 Å². The zero-order valence-electron chi connectivity index (χ0n) is 9.41. The van der Waals surface area contributed by atoms with Crippen molar-refractivity contribution in [3.63, 3.8) is 0 Å². The Hall–Kier alpha value is -0.900. The Morgan fingerprint density at radius 3 is 2.67 bits per heavy atom. The van der Waals surface area contributed by atoms with Crippen molar-refractivity contribution in [2.24, 2.45) is 0 Å². The van der Waals surface area contributed by atoms with Gasteiger partial charge in [0.2, 0.25) is 0 Å². The third-order valence-corrected chi connectivity index (χ3v) is 3.56. The van der Waals surface area contributed by atoms with E-state index in [2.05, 4.69) is 15.9 Å². The van der Waals surface area contributed by atoms with Gasteiger partial charge in [-0.05, 0) is 35.4 Å². The van der Waals surface area contributed by atoms with Crippen molar-refractivity contribution in [2.75, 3.05) is 0 Å². The minimum Gasteiger partial charge on any atom is -0.388 e. The van der Waals surface area contributed by atoms with Crippen LogP contribution < -0.4 is 0 Å². The fourth-order valence-electron chi connectivity index (χ4n) is 1.77. The van der Waals surface area contributed by atoms with E-state index >= 15 is 0 Å². The van der Waals surface area contributed by atoms with Gasteiger partial charge in [0, 0.05) is 15.9 Å². The molecule has 0 aromatic heterocycles. The number of hydrogen-bond donors (Lipinski definition) is 1. The van der Waals surface area contributed by atoms with Crippen LogP contribution in [0.15, 0.2) is 46.9 Å². The van der Waals surface area contributed by atoms with Crippen LogP contribution >= 0.6 is 27.5 Å². The molecule has 1 atom stereocenters. The second kappa shape index (κ2) is 5.83. The molecule has 4 heteroatoms. The number of aliphatic hydroxyl groups is 1. The molecular weight excluding hydrogens is 319 g/mol. The largest absolute Gasteiger partial charge is 0.388 e. The van der Waals surface area contributed by atoms with Gasteiger partial charge in [-0.25, -0.2) is 4.39 Å². The highest BCUT2D eigenvalue weighted by Gasteiger charge is 2.12. The van der Waals surface area contributed by atoms with E-state index in [-0.39, 0.29) is 5.82 Å². The highest BCUT2D eigenvalue weighted by atomic mass is 79.9. The number of rotatable bonds is 3. The van der Waals surface area contributed by atoms with Gasteiger partial charge in [0.15, 0.2) is 0 Å². The van der Waals surface area contributed by atoms with Crippen LogP contribution in [0.4, 0.5) is 4.39 Å². The molecule has 1 unspecified atom stereocenters. The molecule has 0 saturated carbocycles. The highest BCUT2D eigenvalue weighted by molar-refractivity contribution is 9.10. The molecule has 94 valence electrons. The van der Waals surface area contributed by atoms with E-state index < -0.39 is 6.10 Å². The maximum Gasteiger partial charge on any atom is 0.124 e. The quantitative estimate of drug-likeness (QED) is 0.878. The first-order valence-electron chi connectivity index (χ1n) is 5.44. The fourth-order valence-corrected chi connectivity index (χ4v) is 2.60. The molecule has 0 spiro atoms. The molecule has 1 nitrogen and oxygen atoms in total. The minimum absolute atomic E-state index is 0.333. The Morgan fingerprint density at radius 1 is 1.22 bits per heavy atom. The van der Waals surface area contributed by atoms with Gasteiger partial charge in [-0.1, -0.05) is 45.7 Å². The predicted octanol–water partition coefficient (Wildman–Crippen LogP) is 4.52. The zero-order valence-corrected chi connectivity index (χ0v) is 11.7. The second-order valence-electron chi connectivity index (χ2n) is 4.02. The van der Waals surface area contributed by atoms with Crippen molar-refractivity contribution in [3.8, 4) is 0 Å². The van der Waals surface area contributed by atoms with E-state index in [0.29, 0.717) is 21.5 Å². The van der Waals surface area contributed by atoms with Crippen molar-refractivity contribution in [1.82, 2.24) is 0 Å². The predicted molar refractivity (Wildman–Crippen MR) is 74.2 cm³/mol. The maximum atomic E-state index is 13.0. The lowest BCUT2D eigenvalue weighted by Crippen LogP contribution is -2.03. The van der Waals surface area contributed by atoms with Gasteiger partial charge in [0.1, 0.15) is 5.82 Å². The van der Waals surface area contributed by atoms with Crippen LogP contribution in [0.1, 0.15) is 17.2 Å². The summed E-state index contributed by atoms with van der Waals surface area (Å²) in [5.74, 6) is -0.333. The molecule has 0 heterocycles. The van der Waals surface area contributed by atoms with Crippen molar-refractivity contribution in [2.45, 2.75) is 12.5 Å². The van der Waals surface area contributed by atoms with E-state index in [4.69, 9.17) is 11.6 Å². The summed E-state index contributed by atoms with van der Waals surface area (Å²) in [7, 11) is 0. The molecule has 0 aliphatic carbocycles. The summed E-state index contributed by atoms with van der Waals surface area (Å²) in [6, 6.07) is 11.6. The van der Waals surface area contributed by atoms with Gasteiger partial charge in [0.25, 0.3) is 0 Å². The first-order valence-corrected chi connectivity index (χ1v) is 6.61. The van der Waals surface area contributed by atoms with E-state index in [9.17, 15) is 9.50 Å². The Balaban J connectivity index is 2.19. The van der Waals surface area contributed by atoms with E-state index in [1.165, 1.54) is 12.1 Å². The third kappa shape index (κ3) is 3.31. The first-order chi connectivity index (χ1) is 8.56. The lowest BCUT2D eigenvalue weighted by Gasteiger charge is -2.13. The summed E-state index contributed by atoms with van der Waals surface area (Å²) in [5, 5.41) is 10.8. The van der Waals surface area contributed by atoms with Gasteiger partial charge in [-0.15, -0.1) is 0 Å². The molecule has 0 aliphatic heterocycles. The van der Waals surface area contributed by atoms with Crippen LogP contribution in [-0.4, -0.2) is 5.11 Å². The molecule has 1 N–H and O–H groups in total. The third-order valence-electron chi connectivity index (χ3n) is 2.64. The Labute approximate surface area is 118 Å². The highest BCUT2D eigenvalue weighted by Crippen LogP contribution is 2.27. The van der Waals surface area contributed by atoms with E-state index in [1.807, 2.05) is 18.2 Å². The summed E-state index contributed by atoms with van der Waals surface area (Å²) in [6.45, 7) is 0. The normalized spacial score (nSPS) is 12.4. The van der Waals surface area contributed by atoms with Gasteiger partial charge >= 0.3 is 0 Å². The van der Waals surface area contributed by atoms with Gasteiger partial charge in [0.05, 0.1) is 6.10 Å². The zero-order chi connectivity index (χ0) is 13.1. The lowest BCUT2D eigenvalue weighted by molar-refractivity contribution is 0.177. The van der Waals surface area contributed by atoms with Gasteiger partial charge in [-0.2, -0.15) is 0 Å². The average Bonchev–Trinajstić information content (AvgIpc) is 2.28. The maximum absolute atomic E-state index is 13.0. The average molecular weight is 330 g/mol.